The van der Waals surface area contributed by atoms with Crippen molar-refractivity contribution >= 4 is 11.7 Å². The lowest BCUT2D eigenvalue weighted by Gasteiger charge is -2.08. The predicted octanol–water partition coefficient (Wildman–Crippen LogP) is 2.74. The second-order valence-corrected chi connectivity index (χ2v) is 4.34. The standard InChI is InChI=1S/C15H16N2O2/c1-11-4-2-3-5-12(11)6-8-16-13-7-9-17-14(10-13)15(18)19/h2-5,7,9-10H,6,8H2,1H3,(H,16,17)(H,18,19). The summed E-state index contributed by atoms with van der Waals surface area (Å²) >= 11 is 0. The highest BCUT2D eigenvalue weighted by Crippen LogP contribution is 2.10. The molecule has 1 aromatic heterocycles. The second kappa shape index (κ2) is 6.00. The maximum Gasteiger partial charge on any atom is 0.354 e. The molecule has 0 amide bonds. The van der Waals surface area contributed by atoms with Crippen LogP contribution in [-0.2, 0) is 6.42 Å². The van der Waals surface area contributed by atoms with Gasteiger partial charge in [0.2, 0.25) is 0 Å². The number of nitrogens with one attached hydrogen (secondary N) is 1. The van der Waals surface area contributed by atoms with E-state index in [1.54, 1.807) is 12.1 Å². The van der Waals surface area contributed by atoms with Gasteiger partial charge in [-0.1, -0.05) is 24.3 Å². The van der Waals surface area contributed by atoms with Crippen molar-refractivity contribution in [3.63, 3.8) is 0 Å². The Balaban J connectivity index is 1.94. The lowest BCUT2D eigenvalue weighted by Crippen LogP contribution is -2.07. The van der Waals surface area contributed by atoms with Crippen LogP contribution in [0.25, 0.3) is 0 Å². The van der Waals surface area contributed by atoms with Crippen LogP contribution in [-0.4, -0.2) is 22.6 Å². The monoisotopic (exact) mass is 256 g/mol. The molecule has 0 bridgehead atoms. The van der Waals surface area contributed by atoms with Gasteiger partial charge in [0.15, 0.2) is 0 Å². The summed E-state index contributed by atoms with van der Waals surface area (Å²) in [6.45, 7) is 2.85. The Kier molecular flexibility index (Phi) is 4.13. The van der Waals surface area contributed by atoms with Gasteiger partial charge < -0.3 is 10.4 Å². The molecular formula is C15H16N2O2. The van der Waals surface area contributed by atoms with Crippen molar-refractivity contribution in [1.29, 1.82) is 0 Å². The number of carboxylic acids is 1. The Hall–Kier alpha value is -2.36. The number of benzene rings is 1. The Morgan fingerprint density at radius 3 is 2.84 bits per heavy atom. The van der Waals surface area contributed by atoms with Crippen LogP contribution < -0.4 is 5.32 Å². The summed E-state index contributed by atoms with van der Waals surface area (Å²) in [7, 11) is 0. The van der Waals surface area contributed by atoms with E-state index in [1.165, 1.54) is 17.3 Å². The molecule has 98 valence electrons. The lowest BCUT2D eigenvalue weighted by molar-refractivity contribution is 0.0690. The van der Waals surface area contributed by atoms with E-state index >= 15 is 0 Å². The van der Waals surface area contributed by atoms with Gasteiger partial charge >= 0.3 is 5.97 Å². The topological polar surface area (TPSA) is 62.2 Å². The minimum atomic E-state index is -1.01. The smallest absolute Gasteiger partial charge is 0.354 e. The number of carbonyl (C=O) groups is 1. The first-order chi connectivity index (χ1) is 9.16. The van der Waals surface area contributed by atoms with Crippen LogP contribution in [0.2, 0.25) is 0 Å². The molecular weight excluding hydrogens is 240 g/mol. The third-order valence-corrected chi connectivity index (χ3v) is 2.96. The Bertz CT molecular complexity index is 582. The summed E-state index contributed by atoms with van der Waals surface area (Å²) in [6, 6.07) is 11.5. The first-order valence-corrected chi connectivity index (χ1v) is 6.14. The molecule has 19 heavy (non-hydrogen) atoms. The molecule has 0 fully saturated rings. The molecule has 0 spiro atoms. The minimum Gasteiger partial charge on any atom is -0.477 e. The van der Waals surface area contributed by atoms with Gasteiger partial charge in [0.25, 0.3) is 0 Å². The maximum absolute atomic E-state index is 10.8. The number of rotatable bonds is 5. The van der Waals surface area contributed by atoms with Crippen molar-refractivity contribution in [1.82, 2.24) is 4.98 Å². The fourth-order valence-corrected chi connectivity index (χ4v) is 1.89. The number of carboxylic acid groups (broad SMARTS) is 1. The van der Waals surface area contributed by atoms with E-state index in [1.807, 2.05) is 12.1 Å². The highest BCUT2D eigenvalue weighted by Gasteiger charge is 2.04. The molecule has 1 heterocycles. The van der Waals surface area contributed by atoms with E-state index in [4.69, 9.17) is 5.11 Å². The van der Waals surface area contributed by atoms with Gasteiger partial charge in [0.05, 0.1) is 0 Å². The predicted molar refractivity (Wildman–Crippen MR) is 74.6 cm³/mol. The number of hydrogen-bond donors (Lipinski definition) is 2. The van der Waals surface area contributed by atoms with Crippen molar-refractivity contribution < 1.29 is 9.90 Å². The number of pyridine rings is 1. The van der Waals surface area contributed by atoms with Crippen molar-refractivity contribution in [2.45, 2.75) is 13.3 Å². The number of hydrogen-bond acceptors (Lipinski definition) is 3. The second-order valence-electron chi connectivity index (χ2n) is 4.34. The average molecular weight is 256 g/mol. The van der Waals surface area contributed by atoms with E-state index in [2.05, 4.69) is 29.4 Å². The molecule has 0 atom stereocenters. The molecule has 4 heteroatoms. The fraction of sp³-hybridized carbons (Fsp3) is 0.200. The van der Waals surface area contributed by atoms with E-state index in [0.29, 0.717) is 0 Å². The first kappa shape index (κ1) is 13.1. The summed E-state index contributed by atoms with van der Waals surface area (Å²) < 4.78 is 0. The molecule has 0 radical (unpaired) electrons. The van der Waals surface area contributed by atoms with E-state index in [-0.39, 0.29) is 5.69 Å². The fourth-order valence-electron chi connectivity index (χ4n) is 1.89. The van der Waals surface area contributed by atoms with Crippen LogP contribution >= 0.6 is 0 Å². The Labute approximate surface area is 112 Å². The van der Waals surface area contributed by atoms with Gasteiger partial charge in [-0.3, -0.25) is 0 Å². The quantitative estimate of drug-likeness (QED) is 0.863. The highest BCUT2D eigenvalue weighted by molar-refractivity contribution is 5.86. The number of anilines is 1. The highest BCUT2D eigenvalue weighted by atomic mass is 16.4. The molecule has 2 rings (SSSR count). The third kappa shape index (κ3) is 3.55. The Morgan fingerprint density at radius 1 is 1.32 bits per heavy atom. The van der Waals surface area contributed by atoms with Gasteiger partial charge in [-0.15, -0.1) is 0 Å². The summed E-state index contributed by atoms with van der Waals surface area (Å²) in [4.78, 5) is 14.6. The van der Waals surface area contributed by atoms with Crippen molar-refractivity contribution in [2.75, 3.05) is 11.9 Å². The summed E-state index contributed by atoms with van der Waals surface area (Å²) in [5.74, 6) is -1.01. The molecule has 1 aromatic carbocycles. The van der Waals surface area contributed by atoms with Gasteiger partial charge in [0.1, 0.15) is 5.69 Å². The Morgan fingerprint density at radius 2 is 2.11 bits per heavy atom. The van der Waals surface area contributed by atoms with Crippen molar-refractivity contribution in [2.24, 2.45) is 0 Å². The first-order valence-electron chi connectivity index (χ1n) is 6.14. The molecule has 0 aliphatic rings. The third-order valence-electron chi connectivity index (χ3n) is 2.96. The van der Waals surface area contributed by atoms with Gasteiger partial charge in [0, 0.05) is 18.4 Å². The van der Waals surface area contributed by atoms with Crippen LogP contribution in [0.5, 0.6) is 0 Å². The minimum absolute atomic E-state index is 0.0564. The van der Waals surface area contributed by atoms with Crippen molar-refractivity contribution in [3.8, 4) is 0 Å². The zero-order valence-electron chi connectivity index (χ0n) is 10.8. The van der Waals surface area contributed by atoms with Gasteiger partial charge in [-0.05, 0) is 36.6 Å². The molecule has 0 aliphatic heterocycles. The van der Waals surface area contributed by atoms with E-state index in [9.17, 15) is 4.79 Å². The van der Waals surface area contributed by atoms with Crippen molar-refractivity contribution in [3.05, 3.63) is 59.4 Å². The molecule has 0 unspecified atom stereocenters. The molecule has 4 nitrogen and oxygen atoms in total. The number of aromatic carboxylic acids is 1. The van der Waals surface area contributed by atoms with E-state index in [0.717, 1.165) is 18.7 Å². The lowest BCUT2D eigenvalue weighted by atomic mass is 10.1. The van der Waals surface area contributed by atoms with Crippen LogP contribution in [0.1, 0.15) is 21.6 Å². The number of aromatic nitrogens is 1. The normalized spacial score (nSPS) is 10.2. The summed E-state index contributed by atoms with van der Waals surface area (Å²) in [5, 5.41) is 12.1. The van der Waals surface area contributed by atoms with Gasteiger partial charge in [-0.2, -0.15) is 0 Å². The largest absolute Gasteiger partial charge is 0.477 e. The SMILES string of the molecule is Cc1ccccc1CCNc1ccnc(C(=O)O)c1. The van der Waals surface area contributed by atoms with E-state index < -0.39 is 5.97 Å². The van der Waals surface area contributed by atoms with Gasteiger partial charge in [-0.25, -0.2) is 9.78 Å². The maximum atomic E-state index is 10.8. The zero-order chi connectivity index (χ0) is 13.7. The average Bonchev–Trinajstić information content (AvgIpc) is 2.41. The van der Waals surface area contributed by atoms with Crippen LogP contribution in [0, 0.1) is 6.92 Å². The molecule has 0 saturated heterocycles. The van der Waals surface area contributed by atoms with Crippen LogP contribution in [0.3, 0.4) is 0 Å². The molecule has 2 aromatic rings. The van der Waals surface area contributed by atoms with Crippen LogP contribution in [0.15, 0.2) is 42.6 Å². The number of aryl methyl sites for hydroxylation is 1. The molecule has 2 N–H and O–H groups in total. The van der Waals surface area contributed by atoms with Crippen LogP contribution in [0.4, 0.5) is 5.69 Å². The molecule has 0 saturated carbocycles. The summed E-state index contributed by atoms with van der Waals surface area (Å²) in [6.07, 6.45) is 2.40. The zero-order valence-corrected chi connectivity index (χ0v) is 10.8. The summed E-state index contributed by atoms with van der Waals surface area (Å²) in [5.41, 5.74) is 3.40. The number of nitrogens with zero attached hydrogens (tertiary/aromatic N) is 1. The molecule has 0 aliphatic carbocycles.